The zero-order valence-electron chi connectivity index (χ0n) is 16.4. The molecule has 0 aliphatic carbocycles. The van der Waals surface area contributed by atoms with Crippen molar-refractivity contribution in [1.82, 2.24) is 9.80 Å². The van der Waals surface area contributed by atoms with Crippen LogP contribution < -0.4 is 4.74 Å². The van der Waals surface area contributed by atoms with Crippen LogP contribution in [0.4, 0.5) is 4.39 Å². The summed E-state index contributed by atoms with van der Waals surface area (Å²) in [6.45, 7) is 1.64. The largest absolute Gasteiger partial charge is 0.497 e. The summed E-state index contributed by atoms with van der Waals surface area (Å²) in [5, 5.41) is 0. The highest BCUT2D eigenvalue weighted by Gasteiger charge is 2.41. The summed E-state index contributed by atoms with van der Waals surface area (Å²) in [4.78, 5) is 29.9. The molecule has 2 aliphatic heterocycles. The van der Waals surface area contributed by atoms with Gasteiger partial charge in [-0.25, -0.2) is 4.39 Å². The lowest BCUT2D eigenvalue weighted by atomic mass is 10.0. The van der Waals surface area contributed by atoms with Crippen LogP contribution in [-0.2, 0) is 16.1 Å². The van der Waals surface area contributed by atoms with Gasteiger partial charge in [0.15, 0.2) is 0 Å². The van der Waals surface area contributed by atoms with Crippen molar-refractivity contribution >= 4 is 17.4 Å². The van der Waals surface area contributed by atoms with E-state index in [-0.39, 0.29) is 24.2 Å². The van der Waals surface area contributed by atoms with E-state index in [0.29, 0.717) is 28.1 Å². The number of halogens is 1. The number of methoxy groups -OCH3 is 1. The van der Waals surface area contributed by atoms with Gasteiger partial charge in [-0.2, -0.15) is 0 Å². The van der Waals surface area contributed by atoms with E-state index in [0.717, 1.165) is 32.4 Å². The van der Waals surface area contributed by atoms with Gasteiger partial charge in [-0.1, -0.05) is 24.3 Å². The van der Waals surface area contributed by atoms with Crippen molar-refractivity contribution in [3.8, 4) is 5.75 Å². The molecule has 2 amide bonds. The van der Waals surface area contributed by atoms with Gasteiger partial charge in [0.2, 0.25) is 0 Å². The second-order valence-electron chi connectivity index (χ2n) is 7.32. The fourth-order valence-corrected chi connectivity index (χ4v) is 3.91. The van der Waals surface area contributed by atoms with Crippen molar-refractivity contribution in [2.75, 3.05) is 20.2 Å². The van der Waals surface area contributed by atoms with E-state index in [1.807, 2.05) is 17.0 Å². The van der Waals surface area contributed by atoms with Crippen LogP contribution in [0.3, 0.4) is 0 Å². The molecule has 0 spiro atoms. The van der Waals surface area contributed by atoms with Crippen molar-refractivity contribution < 1.29 is 18.7 Å². The van der Waals surface area contributed by atoms with Gasteiger partial charge in [-0.15, -0.1) is 0 Å². The van der Waals surface area contributed by atoms with E-state index in [4.69, 9.17) is 4.74 Å². The van der Waals surface area contributed by atoms with Crippen LogP contribution in [0.1, 0.15) is 30.4 Å². The number of likely N-dealkylation sites (tertiary alicyclic amines) is 1. The Bertz CT molecular complexity index is 945. The Morgan fingerprint density at radius 3 is 2.17 bits per heavy atom. The maximum atomic E-state index is 13.3. The smallest absolute Gasteiger partial charge is 0.278 e. The number of ether oxygens (including phenoxy) is 1. The van der Waals surface area contributed by atoms with Gasteiger partial charge < -0.3 is 9.64 Å². The molecule has 1 saturated heterocycles. The normalized spacial score (nSPS) is 17.3. The number of benzene rings is 2. The van der Waals surface area contributed by atoms with E-state index < -0.39 is 0 Å². The summed E-state index contributed by atoms with van der Waals surface area (Å²) in [5.74, 6) is -0.259. The summed E-state index contributed by atoms with van der Waals surface area (Å²) >= 11 is 0. The molecule has 2 aromatic rings. The number of imide groups is 1. The summed E-state index contributed by atoms with van der Waals surface area (Å²) < 4.78 is 18.4. The summed E-state index contributed by atoms with van der Waals surface area (Å²) in [6, 6.07) is 13.1. The van der Waals surface area contributed by atoms with Crippen LogP contribution >= 0.6 is 0 Å². The number of piperidine rings is 1. The molecular weight excluding hydrogens is 371 g/mol. The van der Waals surface area contributed by atoms with Crippen LogP contribution in [0, 0.1) is 5.82 Å². The van der Waals surface area contributed by atoms with Gasteiger partial charge >= 0.3 is 0 Å². The Morgan fingerprint density at radius 1 is 0.897 bits per heavy atom. The molecule has 2 aliphatic rings. The molecular formula is C23H23FN2O3. The van der Waals surface area contributed by atoms with Crippen LogP contribution in [0.5, 0.6) is 5.75 Å². The molecule has 0 radical (unpaired) electrons. The van der Waals surface area contributed by atoms with Gasteiger partial charge in [0.25, 0.3) is 11.8 Å². The third-order valence-electron chi connectivity index (χ3n) is 5.45. The molecule has 0 atom stereocenters. The minimum absolute atomic E-state index is 0.120. The molecule has 0 bridgehead atoms. The molecule has 0 unspecified atom stereocenters. The van der Waals surface area contributed by atoms with Gasteiger partial charge in [0.05, 0.1) is 19.2 Å². The lowest BCUT2D eigenvalue weighted by molar-refractivity contribution is -0.138. The second-order valence-corrected chi connectivity index (χ2v) is 7.32. The summed E-state index contributed by atoms with van der Waals surface area (Å²) in [5.41, 5.74) is 2.32. The number of carbonyl (C=O) groups excluding carboxylic acids is 2. The predicted molar refractivity (Wildman–Crippen MR) is 107 cm³/mol. The molecule has 2 aromatic carbocycles. The SMILES string of the molecule is COc1ccc(C2=C(N3CCCCC3)C(=O)N(Cc3ccc(F)cc3)C2=O)cc1. The number of rotatable bonds is 5. The van der Waals surface area contributed by atoms with Crippen LogP contribution in [-0.4, -0.2) is 41.8 Å². The Morgan fingerprint density at radius 2 is 1.55 bits per heavy atom. The number of hydrogen-bond donors (Lipinski definition) is 0. The average Bonchev–Trinajstić information content (AvgIpc) is 3.00. The Hall–Kier alpha value is -3.15. The standard InChI is InChI=1S/C23H23FN2O3/c1-29-19-11-7-17(8-12-19)20-21(25-13-3-2-4-14-25)23(28)26(22(20)27)15-16-5-9-18(24)10-6-16/h5-12H,2-4,13-15H2,1H3. The highest BCUT2D eigenvalue weighted by Crippen LogP contribution is 2.34. The molecule has 2 heterocycles. The quantitative estimate of drug-likeness (QED) is 0.727. The molecule has 0 aromatic heterocycles. The third kappa shape index (κ3) is 3.75. The van der Waals surface area contributed by atoms with E-state index in [2.05, 4.69) is 0 Å². The number of nitrogens with zero attached hydrogens (tertiary/aromatic N) is 2. The first-order valence-electron chi connectivity index (χ1n) is 9.83. The summed E-state index contributed by atoms with van der Waals surface area (Å²) in [7, 11) is 1.59. The first-order chi connectivity index (χ1) is 14.1. The monoisotopic (exact) mass is 394 g/mol. The maximum absolute atomic E-state index is 13.3. The van der Waals surface area contributed by atoms with Gasteiger partial charge in [0, 0.05) is 13.1 Å². The van der Waals surface area contributed by atoms with Crippen LogP contribution in [0.2, 0.25) is 0 Å². The van der Waals surface area contributed by atoms with Crippen molar-refractivity contribution in [3.63, 3.8) is 0 Å². The molecule has 29 heavy (non-hydrogen) atoms. The van der Waals surface area contributed by atoms with Crippen LogP contribution in [0.15, 0.2) is 54.2 Å². The highest BCUT2D eigenvalue weighted by atomic mass is 19.1. The second kappa shape index (κ2) is 8.07. The molecule has 4 rings (SSSR count). The predicted octanol–water partition coefficient (Wildman–Crippen LogP) is 3.60. The fraction of sp³-hybridized carbons (Fsp3) is 0.304. The molecule has 5 nitrogen and oxygen atoms in total. The lowest BCUT2D eigenvalue weighted by Gasteiger charge is -2.29. The van der Waals surface area contributed by atoms with E-state index >= 15 is 0 Å². The summed E-state index contributed by atoms with van der Waals surface area (Å²) in [6.07, 6.45) is 3.13. The van der Waals surface area contributed by atoms with E-state index in [9.17, 15) is 14.0 Å². The number of amides is 2. The van der Waals surface area contributed by atoms with Crippen molar-refractivity contribution in [2.45, 2.75) is 25.8 Å². The Labute approximate surface area is 169 Å². The minimum atomic E-state index is -0.348. The number of hydrogen-bond acceptors (Lipinski definition) is 4. The maximum Gasteiger partial charge on any atom is 0.278 e. The molecule has 6 heteroatoms. The van der Waals surface area contributed by atoms with Crippen molar-refractivity contribution in [2.24, 2.45) is 0 Å². The average molecular weight is 394 g/mol. The van der Waals surface area contributed by atoms with E-state index in [1.54, 1.807) is 31.4 Å². The molecule has 150 valence electrons. The Kier molecular flexibility index (Phi) is 5.34. The lowest BCUT2D eigenvalue weighted by Crippen LogP contribution is -2.36. The first kappa shape index (κ1) is 19.2. The van der Waals surface area contributed by atoms with Crippen molar-refractivity contribution in [3.05, 3.63) is 71.2 Å². The topological polar surface area (TPSA) is 49.9 Å². The molecule has 1 fully saturated rings. The Balaban J connectivity index is 1.71. The van der Waals surface area contributed by atoms with E-state index in [1.165, 1.54) is 17.0 Å². The number of carbonyl (C=O) groups is 2. The highest BCUT2D eigenvalue weighted by molar-refractivity contribution is 6.35. The first-order valence-corrected chi connectivity index (χ1v) is 9.83. The third-order valence-corrected chi connectivity index (χ3v) is 5.45. The van der Waals surface area contributed by atoms with Crippen LogP contribution in [0.25, 0.3) is 5.57 Å². The molecule has 0 saturated carbocycles. The zero-order chi connectivity index (χ0) is 20.4. The van der Waals surface area contributed by atoms with Gasteiger partial charge in [-0.3, -0.25) is 14.5 Å². The minimum Gasteiger partial charge on any atom is -0.497 e. The van der Waals surface area contributed by atoms with Gasteiger partial charge in [-0.05, 0) is 54.7 Å². The molecule has 0 N–H and O–H groups in total. The zero-order valence-corrected chi connectivity index (χ0v) is 16.4. The van der Waals surface area contributed by atoms with Gasteiger partial charge in [0.1, 0.15) is 17.3 Å². The fourth-order valence-electron chi connectivity index (χ4n) is 3.91. The van der Waals surface area contributed by atoms with Crippen molar-refractivity contribution in [1.29, 1.82) is 0 Å².